The number of amides is 2. The molecule has 2 amide bonds. The van der Waals surface area contributed by atoms with Gasteiger partial charge in [0.25, 0.3) is 11.8 Å². The maximum absolute atomic E-state index is 13.3. The topological polar surface area (TPSA) is 102 Å². The van der Waals surface area contributed by atoms with E-state index in [4.69, 9.17) is 5.26 Å². The third kappa shape index (κ3) is 3.03. The Kier molecular flexibility index (Phi) is 3.89. The molecule has 1 aliphatic rings. The molecule has 2 N–H and O–H groups in total. The van der Waals surface area contributed by atoms with Crippen molar-refractivity contribution in [2.24, 2.45) is 0 Å². The summed E-state index contributed by atoms with van der Waals surface area (Å²) in [5.41, 5.74) is 1.08. The number of aromatic nitrogens is 2. The van der Waals surface area contributed by atoms with Crippen LogP contribution in [0.15, 0.2) is 24.4 Å². The largest absolute Gasteiger partial charge is 0.343 e. The van der Waals surface area contributed by atoms with Gasteiger partial charge >= 0.3 is 0 Å². The van der Waals surface area contributed by atoms with Crippen LogP contribution < -0.4 is 5.32 Å². The highest BCUT2D eigenvalue weighted by atomic mass is 19.3. The van der Waals surface area contributed by atoms with Crippen LogP contribution >= 0.6 is 0 Å². The number of carbonyl (C=O) groups is 2. The van der Waals surface area contributed by atoms with Crippen molar-refractivity contribution in [2.75, 3.05) is 13.1 Å². The number of benzene rings is 1. The molecule has 0 saturated carbocycles. The van der Waals surface area contributed by atoms with Crippen molar-refractivity contribution < 1.29 is 18.4 Å². The van der Waals surface area contributed by atoms with E-state index in [2.05, 4.69) is 15.5 Å². The summed E-state index contributed by atoms with van der Waals surface area (Å²) in [5, 5.41) is 18.6. The van der Waals surface area contributed by atoms with Crippen LogP contribution in [0.25, 0.3) is 10.9 Å². The van der Waals surface area contributed by atoms with Crippen molar-refractivity contribution in [3.63, 3.8) is 0 Å². The highest BCUT2D eigenvalue weighted by Gasteiger charge is 2.47. The minimum Gasteiger partial charge on any atom is -0.343 e. The van der Waals surface area contributed by atoms with E-state index in [1.165, 1.54) is 0 Å². The van der Waals surface area contributed by atoms with E-state index in [9.17, 15) is 18.4 Å². The van der Waals surface area contributed by atoms with Gasteiger partial charge in [0.05, 0.1) is 30.9 Å². The molecule has 1 aliphatic heterocycles. The van der Waals surface area contributed by atoms with Gasteiger partial charge in [-0.05, 0) is 18.2 Å². The number of halogens is 2. The Hall–Kier alpha value is -3.02. The Morgan fingerprint density at radius 1 is 1.50 bits per heavy atom. The van der Waals surface area contributed by atoms with E-state index >= 15 is 0 Å². The standard InChI is InChI=1S/C15H13F2N5O2/c16-15(17)4-11(5-18)22(8-15)13(23)7-19-14(24)9-1-2-12-10(3-9)6-20-21-12/h1-3,6,11H,4,7-8H2,(H,19,24)(H,20,21)/t11-/m0/s1. The second kappa shape index (κ2) is 5.88. The molecule has 9 heteroatoms. The molecule has 0 aliphatic carbocycles. The molecule has 0 spiro atoms. The van der Waals surface area contributed by atoms with Gasteiger partial charge in [-0.2, -0.15) is 10.4 Å². The van der Waals surface area contributed by atoms with E-state index in [1.54, 1.807) is 30.5 Å². The first-order valence-corrected chi connectivity index (χ1v) is 7.18. The Morgan fingerprint density at radius 3 is 3.04 bits per heavy atom. The SMILES string of the molecule is N#C[C@@H]1CC(F)(F)CN1C(=O)CNC(=O)c1ccc2[nH]ncc2c1. The van der Waals surface area contributed by atoms with Gasteiger partial charge in [-0.1, -0.05) is 0 Å². The molecule has 0 unspecified atom stereocenters. The van der Waals surface area contributed by atoms with Crippen molar-refractivity contribution in [1.29, 1.82) is 5.26 Å². The molecule has 2 heterocycles. The molecular weight excluding hydrogens is 320 g/mol. The van der Waals surface area contributed by atoms with Gasteiger partial charge in [0.1, 0.15) is 6.04 Å². The van der Waals surface area contributed by atoms with E-state index in [1.807, 2.05) is 0 Å². The summed E-state index contributed by atoms with van der Waals surface area (Å²) in [7, 11) is 0. The monoisotopic (exact) mass is 333 g/mol. The molecule has 0 radical (unpaired) electrons. The number of nitriles is 1. The normalized spacial score (nSPS) is 19.2. The minimum atomic E-state index is -3.08. The molecule has 24 heavy (non-hydrogen) atoms. The first-order valence-electron chi connectivity index (χ1n) is 7.18. The summed E-state index contributed by atoms with van der Waals surface area (Å²) in [6.07, 6.45) is 0.876. The third-order valence-corrected chi connectivity index (χ3v) is 3.84. The number of H-pyrrole nitrogens is 1. The molecule has 0 bridgehead atoms. The zero-order chi connectivity index (χ0) is 17.3. The molecule has 1 saturated heterocycles. The molecule has 1 aromatic carbocycles. The van der Waals surface area contributed by atoms with Crippen molar-refractivity contribution >= 4 is 22.7 Å². The number of hydrogen-bond donors (Lipinski definition) is 2. The second-order valence-electron chi connectivity index (χ2n) is 5.58. The fourth-order valence-electron chi connectivity index (χ4n) is 2.64. The fourth-order valence-corrected chi connectivity index (χ4v) is 2.64. The third-order valence-electron chi connectivity index (χ3n) is 3.84. The summed E-state index contributed by atoms with van der Waals surface area (Å²) in [4.78, 5) is 24.9. The van der Waals surface area contributed by atoms with Crippen molar-refractivity contribution in [3.05, 3.63) is 30.0 Å². The van der Waals surface area contributed by atoms with Gasteiger partial charge < -0.3 is 10.2 Å². The number of likely N-dealkylation sites (tertiary alicyclic amines) is 1. The number of aromatic amines is 1. The second-order valence-corrected chi connectivity index (χ2v) is 5.58. The quantitative estimate of drug-likeness (QED) is 0.876. The van der Waals surface area contributed by atoms with Crippen LogP contribution in [0.4, 0.5) is 8.78 Å². The molecule has 1 aromatic heterocycles. The first kappa shape index (κ1) is 15.9. The lowest BCUT2D eigenvalue weighted by Gasteiger charge is -2.19. The summed E-state index contributed by atoms with van der Waals surface area (Å²) in [6, 6.07) is 5.34. The fraction of sp³-hybridized carbons (Fsp3) is 0.333. The first-order chi connectivity index (χ1) is 11.4. The summed E-state index contributed by atoms with van der Waals surface area (Å²) >= 11 is 0. The van der Waals surface area contributed by atoms with Gasteiger partial charge in [-0.15, -0.1) is 0 Å². The lowest BCUT2D eigenvalue weighted by Crippen LogP contribution is -2.42. The average molecular weight is 333 g/mol. The predicted octanol–water partition coefficient (Wildman–Crippen LogP) is 1.05. The molecule has 2 aromatic rings. The van der Waals surface area contributed by atoms with Crippen LogP contribution in [0.2, 0.25) is 0 Å². The molecule has 3 rings (SSSR count). The molecule has 1 fully saturated rings. The highest BCUT2D eigenvalue weighted by Crippen LogP contribution is 2.31. The molecular formula is C15H13F2N5O2. The number of carbonyl (C=O) groups excluding carboxylic acids is 2. The van der Waals surface area contributed by atoms with Gasteiger partial charge in [0, 0.05) is 17.4 Å². The van der Waals surface area contributed by atoms with Crippen LogP contribution in [-0.2, 0) is 4.79 Å². The van der Waals surface area contributed by atoms with Crippen molar-refractivity contribution in [2.45, 2.75) is 18.4 Å². The van der Waals surface area contributed by atoms with Crippen LogP contribution in [0.3, 0.4) is 0 Å². The summed E-state index contributed by atoms with van der Waals surface area (Å²) < 4.78 is 26.7. The zero-order valence-corrected chi connectivity index (χ0v) is 12.4. The minimum absolute atomic E-state index is 0.320. The summed E-state index contributed by atoms with van der Waals surface area (Å²) in [6.45, 7) is -1.25. The molecule has 7 nitrogen and oxygen atoms in total. The van der Waals surface area contributed by atoms with Crippen LogP contribution in [0.5, 0.6) is 0 Å². The van der Waals surface area contributed by atoms with Gasteiger partial charge in [-0.25, -0.2) is 8.78 Å². The van der Waals surface area contributed by atoms with E-state index in [0.29, 0.717) is 5.56 Å². The number of rotatable bonds is 3. The number of nitrogens with zero attached hydrogens (tertiary/aromatic N) is 3. The van der Waals surface area contributed by atoms with E-state index in [0.717, 1.165) is 15.8 Å². The highest BCUT2D eigenvalue weighted by molar-refractivity contribution is 5.99. The number of nitrogens with one attached hydrogen (secondary N) is 2. The lowest BCUT2D eigenvalue weighted by atomic mass is 10.1. The van der Waals surface area contributed by atoms with Crippen molar-refractivity contribution in [1.82, 2.24) is 20.4 Å². The smallest absolute Gasteiger partial charge is 0.268 e. The Balaban J connectivity index is 1.63. The Morgan fingerprint density at radius 2 is 2.29 bits per heavy atom. The molecule has 124 valence electrons. The van der Waals surface area contributed by atoms with Crippen LogP contribution in [0, 0.1) is 11.3 Å². The van der Waals surface area contributed by atoms with Gasteiger partial charge in [0.2, 0.25) is 5.91 Å². The summed E-state index contributed by atoms with van der Waals surface area (Å²) in [5.74, 6) is -4.30. The van der Waals surface area contributed by atoms with Gasteiger partial charge in [0.15, 0.2) is 0 Å². The number of hydrogen-bond acceptors (Lipinski definition) is 4. The Labute approximate surface area is 135 Å². The van der Waals surface area contributed by atoms with Crippen LogP contribution in [-0.4, -0.2) is 52.0 Å². The predicted molar refractivity (Wildman–Crippen MR) is 79.1 cm³/mol. The van der Waals surface area contributed by atoms with E-state index < -0.39 is 43.3 Å². The van der Waals surface area contributed by atoms with Crippen LogP contribution in [0.1, 0.15) is 16.8 Å². The zero-order valence-electron chi connectivity index (χ0n) is 12.4. The van der Waals surface area contributed by atoms with Crippen molar-refractivity contribution in [3.8, 4) is 6.07 Å². The number of fused-ring (bicyclic) bond motifs is 1. The maximum atomic E-state index is 13.3. The Bertz CT molecular complexity index is 842. The maximum Gasteiger partial charge on any atom is 0.268 e. The lowest BCUT2D eigenvalue weighted by molar-refractivity contribution is -0.131. The average Bonchev–Trinajstić information content (AvgIpc) is 3.14. The number of alkyl halides is 2. The molecule has 1 atom stereocenters. The van der Waals surface area contributed by atoms with E-state index in [-0.39, 0.29) is 0 Å². The van der Waals surface area contributed by atoms with Gasteiger partial charge in [-0.3, -0.25) is 14.7 Å².